The van der Waals surface area contributed by atoms with Crippen LogP contribution >= 0.6 is 0 Å². The summed E-state index contributed by atoms with van der Waals surface area (Å²) < 4.78 is 3.72. The van der Waals surface area contributed by atoms with Gasteiger partial charge in [0.25, 0.3) is 5.91 Å². The van der Waals surface area contributed by atoms with E-state index in [-0.39, 0.29) is 5.91 Å². The van der Waals surface area contributed by atoms with E-state index < -0.39 is 0 Å². The average molecular weight is 373 g/mol. The van der Waals surface area contributed by atoms with Crippen LogP contribution in [-0.4, -0.2) is 32.0 Å². The minimum absolute atomic E-state index is 0.152. The highest BCUT2D eigenvalue weighted by atomic mass is 16.1. The average Bonchev–Trinajstić information content (AvgIpc) is 3.28. The van der Waals surface area contributed by atoms with Crippen LogP contribution in [0.3, 0.4) is 0 Å². The number of nitrogens with one attached hydrogen (secondary N) is 1. The maximum Gasteiger partial charge on any atom is 0.272 e. The molecule has 0 aliphatic rings. The number of para-hydroxylation sites is 1. The topological polar surface area (TPSA) is 64.7 Å². The van der Waals surface area contributed by atoms with Gasteiger partial charge in [0.1, 0.15) is 0 Å². The van der Waals surface area contributed by atoms with Crippen LogP contribution in [0.25, 0.3) is 10.9 Å². The van der Waals surface area contributed by atoms with Gasteiger partial charge in [-0.25, -0.2) is 0 Å². The van der Waals surface area contributed by atoms with E-state index in [0.717, 1.165) is 28.6 Å². The Labute approximate surface area is 163 Å². The van der Waals surface area contributed by atoms with Crippen molar-refractivity contribution in [1.29, 1.82) is 0 Å². The number of fused-ring (bicyclic) bond motifs is 1. The molecule has 2 aromatic heterocycles. The molecule has 28 heavy (non-hydrogen) atoms. The lowest BCUT2D eigenvalue weighted by Gasteiger charge is -2.05. The summed E-state index contributed by atoms with van der Waals surface area (Å²) in [6.07, 6.45) is 2.49. The number of amides is 1. The number of aromatic nitrogens is 4. The van der Waals surface area contributed by atoms with Gasteiger partial charge in [0.2, 0.25) is 0 Å². The molecule has 0 aliphatic carbocycles. The minimum Gasteiger partial charge on any atom is -0.350 e. The highest BCUT2D eigenvalue weighted by molar-refractivity contribution is 6.04. The Balaban J connectivity index is 1.54. The van der Waals surface area contributed by atoms with E-state index in [9.17, 15) is 4.79 Å². The zero-order valence-corrected chi connectivity index (χ0v) is 16.1. The number of hydrogen-bond acceptors (Lipinski definition) is 3. The van der Waals surface area contributed by atoms with Gasteiger partial charge in [-0.05, 0) is 24.6 Å². The van der Waals surface area contributed by atoms with Crippen LogP contribution in [0.1, 0.15) is 27.3 Å². The lowest BCUT2D eigenvalue weighted by Crippen LogP contribution is -2.27. The van der Waals surface area contributed by atoms with E-state index in [1.54, 1.807) is 6.20 Å². The third-order valence-corrected chi connectivity index (χ3v) is 4.92. The zero-order chi connectivity index (χ0) is 19.5. The first kappa shape index (κ1) is 18.0. The van der Waals surface area contributed by atoms with Gasteiger partial charge in [-0.15, -0.1) is 0 Å². The molecular weight excluding hydrogens is 350 g/mol. The number of hydrogen-bond donors (Lipinski definition) is 1. The Morgan fingerprint density at radius 1 is 1.07 bits per heavy atom. The SMILES string of the molecule is Cc1ccc(Cn2nc(C(=O)NCCc3ccnn3C)c3ccccc32)cc1. The van der Waals surface area contributed by atoms with Crippen molar-refractivity contribution in [2.24, 2.45) is 7.05 Å². The molecule has 0 aliphatic heterocycles. The van der Waals surface area contributed by atoms with Crippen molar-refractivity contribution < 1.29 is 4.79 Å². The molecule has 1 amide bonds. The summed E-state index contributed by atoms with van der Waals surface area (Å²) in [5, 5.41) is 12.6. The zero-order valence-electron chi connectivity index (χ0n) is 16.1. The van der Waals surface area contributed by atoms with Gasteiger partial charge >= 0.3 is 0 Å². The molecule has 0 saturated carbocycles. The third kappa shape index (κ3) is 3.67. The van der Waals surface area contributed by atoms with Crippen LogP contribution in [0.2, 0.25) is 0 Å². The summed E-state index contributed by atoms with van der Waals surface area (Å²) in [5.74, 6) is -0.152. The number of aryl methyl sites for hydroxylation is 2. The van der Waals surface area contributed by atoms with Crippen LogP contribution in [0, 0.1) is 6.92 Å². The summed E-state index contributed by atoms with van der Waals surface area (Å²) in [6.45, 7) is 3.24. The second kappa shape index (κ2) is 7.68. The Kier molecular flexibility index (Phi) is 4.93. The lowest BCUT2D eigenvalue weighted by molar-refractivity contribution is 0.0949. The van der Waals surface area contributed by atoms with Crippen LogP contribution in [0.15, 0.2) is 60.8 Å². The Bertz CT molecular complexity index is 1110. The van der Waals surface area contributed by atoms with Crippen molar-refractivity contribution in [3.63, 3.8) is 0 Å². The molecule has 0 radical (unpaired) electrons. The van der Waals surface area contributed by atoms with E-state index in [2.05, 4.69) is 46.7 Å². The predicted octanol–water partition coefficient (Wildman–Crippen LogP) is 3.10. The fraction of sp³-hybridized carbons (Fsp3) is 0.227. The number of rotatable bonds is 6. The van der Waals surface area contributed by atoms with Crippen LogP contribution in [0.4, 0.5) is 0 Å². The van der Waals surface area contributed by atoms with Crippen molar-refractivity contribution in [2.45, 2.75) is 19.9 Å². The molecule has 4 rings (SSSR count). The van der Waals surface area contributed by atoms with Crippen LogP contribution < -0.4 is 5.32 Å². The standard InChI is InChI=1S/C22H23N5O/c1-16-7-9-17(10-8-16)15-27-20-6-4-3-5-19(20)21(25-27)22(28)23-13-11-18-12-14-24-26(18)2/h3-10,12,14H,11,13,15H2,1-2H3,(H,23,28). The third-order valence-electron chi connectivity index (χ3n) is 4.92. The van der Waals surface area contributed by atoms with Crippen molar-refractivity contribution in [1.82, 2.24) is 24.9 Å². The summed E-state index contributed by atoms with van der Waals surface area (Å²) in [7, 11) is 1.90. The van der Waals surface area contributed by atoms with E-state index in [1.165, 1.54) is 5.56 Å². The highest BCUT2D eigenvalue weighted by Gasteiger charge is 2.17. The largest absolute Gasteiger partial charge is 0.350 e. The molecule has 0 unspecified atom stereocenters. The van der Waals surface area contributed by atoms with Crippen molar-refractivity contribution in [2.75, 3.05) is 6.54 Å². The Hall–Kier alpha value is -3.41. The number of carbonyl (C=O) groups is 1. The van der Waals surface area contributed by atoms with E-state index in [1.807, 2.05) is 46.7 Å². The molecule has 142 valence electrons. The van der Waals surface area contributed by atoms with Crippen molar-refractivity contribution in [3.05, 3.63) is 83.3 Å². The monoisotopic (exact) mass is 373 g/mol. The lowest BCUT2D eigenvalue weighted by atomic mass is 10.1. The van der Waals surface area contributed by atoms with E-state index in [4.69, 9.17) is 0 Å². The first-order chi connectivity index (χ1) is 13.6. The van der Waals surface area contributed by atoms with Gasteiger partial charge in [-0.3, -0.25) is 14.2 Å². The Morgan fingerprint density at radius 2 is 1.86 bits per heavy atom. The highest BCUT2D eigenvalue weighted by Crippen LogP contribution is 2.20. The van der Waals surface area contributed by atoms with E-state index in [0.29, 0.717) is 18.8 Å². The molecule has 1 N–H and O–H groups in total. The molecule has 0 spiro atoms. The normalized spacial score (nSPS) is 11.1. The summed E-state index contributed by atoms with van der Waals surface area (Å²) in [4.78, 5) is 12.8. The molecule has 6 nitrogen and oxygen atoms in total. The van der Waals surface area contributed by atoms with Gasteiger partial charge in [-0.1, -0.05) is 48.0 Å². The van der Waals surface area contributed by atoms with Crippen molar-refractivity contribution in [3.8, 4) is 0 Å². The predicted molar refractivity (Wildman–Crippen MR) is 109 cm³/mol. The smallest absolute Gasteiger partial charge is 0.272 e. The van der Waals surface area contributed by atoms with Gasteiger partial charge in [0.15, 0.2) is 5.69 Å². The maximum atomic E-state index is 12.8. The van der Waals surface area contributed by atoms with E-state index >= 15 is 0 Å². The molecule has 6 heteroatoms. The quantitative estimate of drug-likeness (QED) is 0.565. The number of benzene rings is 2. The van der Waals surface area contributed by atoms with Gasteiger partial charge in [0.05, 0.1) is 12.1 Å². The first-order valence-corrected chi connectivity index (χ1v) is 9.38. The second-order valence-electron chi connectivity index (χ2n) is 6.96. The van der Waals surface area contributed by atoms with Crippen LogP contribution in [-0.2, 0) is 20.0 Å². The molecule has 2 aromatic carbocycles. The molecule has 0 atom stereocenters. The molecule has 0 fully saturated rings. The van der Waals surface area contributed by atoms with Crippen molar-refractivity contribution >= 4 is 16.8 Å². The first-order valence-electron chi connectivity index (χ1n) is 9.38. The number of carbonyl (C=O) groups excluding carboxylic acids is 1. The second-order valence-corrected chi connectivity index (χ2v) is 6.96. The molecule has 2 heterocycles. The fourth-order valence-corrected chi connectivity index (χ4v) is 3.32. The molecule has 4 aromatic rings. The fourth-order valence-electron chi connectivity index (χ4n) is 3.32. The molecule has 0 saturated heterocycles. The summed E-state index contributed by atoms with van der Waals surface area (Å²) >= 11 is 0. The van der Waals surface area contributed by atoms with Gasteiger partial charge < -0.3 is 5.32 Å². The molecular formula is C22H23N5O. The molecule has 0 bridgehead atoms. The minimum atomic E-state index is -0.152. The van der Waals surface area contributed by atoms with Gasteiger partial charge in [0, 0.05) is 37.3 Å². The van der Waals surface area contributed by atoms with Crippen LogP contribution in [0.5, 0.6) is 0 Å². The van der Waals surface area contributed by atoms with Gasteiger partial charge in [-0.2, -0.15) is 10.2 Å². The number of nitrogens with zero attached hydrogens (tertiary/aromatic N) is 4. The summed E-state index contributed by atoms with van der Waals surface area (Å²) in [5.41, 5.74) is 4.88. The maximum absolute atomic E-state index is 12.8. The Morgan fingerprint density at radius 3 is 2.61 bits per heavy atom. The summed E-state index contributed by atoms with van der Waals surface area (Å²) in [6, 6.07) is 18.2.